The third-order valence-corrected chi connectivity index (χ3v) is 5.06. The van der Waals surface area contributed by atoms with Crippen molar-refractivity contribution in [2.45, 2.75) is 0 Å². The average Bonchev–Trinajstić information content (AvgIpc) is 3.24. The van der Waals surface area contributed by atoms with Crippen molar-refractivity contribution in [2.24, 2.45) is 0 Å². The maximum absolute atomic E-state index is 13.6. The highest BCUT2D eigenvalue weighted by molar-refractivity contribution is 9.10. The van der Waals surface area contributed by atoms with Gasteiger partial charge >= 0.3 is 0 Å². The molecule has 5 aromatic rings. The van der Waals surface area contributed by atoms with Gasteiger partial charge in [0, 0.05) is 15.4 Å². The maximum Gasteiger partial charge on any atom is 0.279 e. The lowest BCUT2D eigenvalue weighted by molar-refractivity contribution is 0.430. The molecule has 5 rings (SSSR count). The number of hydrogen-bond donors (Lipinski definition) is 0. The molecule has 3 aromatic carbocycles. The lowest BCUT2D eigenvalue weighted by Gasteiger charge is -2.09. The molecule has 2 heterocycles. The Morgan fingerprint density at radius 1 is 0.933 bits per heavy atom. The van der Waals surface area contributed by atoms with Gasteiger partial charge < -0.3 is 4.52 Å². The summed E-state index contributed by atoms with van der Waals surface area (Å²) in [5.41, 5.74) is 1.17. The number of fused-ring (bicyclic) bond motifs is 1. The van der Waals surface area contributed by atoms with Crippen molar-refractivity contribution in [1.29, 1.82) is 0 Å². The Hall–Kier alpha value is -3.65. The van der Waals surface area contributed by atoms with E-state index < -0.39 is 5.82 Å². The van der Waals surface area contributed by atoms with E-state index >= 15 is 0 Å². The highest BCUT2D eigenvalue weighted by atomic mass is 79.9. The molecule has 0 fully saturated rings. The van der Waals surface area contributed by atoms with Gasteiger partial charge in [-0.1, -0.05) is 57.5 Å². The molecule has 0 saturated heterocycles. The first-order valence-corrected chi connectivity index (χ1v) is 9.77. The number of nitrogens with zero attached hydrogens (tertiary/aromatic N) is 4. The van der Waals surface area contributed by atoms with E-state index in [-0.39, 0.29) is 17.3 Å². The molecule has 30 heavy (non-hydrogen) atoms. The van der Waals surface area contributed by atoms with Crippen molar-refractivity contribution in [1.82, 2.24) is 19.9 Å². The zero-order chi connectivity index (χ0) is 20.7. The molecule has 146 valence electrons. The smallest absolute Gasteiger partial charge is 0.279 e. The van der Waals surface area contributed by atoms with Gasteiger partial charge in [0.05, 0.1) is 11.1 Å². The Bertz CT molecular complexity index is 1460. The zero-order valence-corrected chi connectivity index (χ0v) is 16.9. The van der Waals surface area contributed by atoms with E-state index in [0.29, 0.717) is 27.7 Å². The van der Waals surface area contributed by atoms with Crippen molar-refractivity contribution < 1.29 is 8.91 Å². The summed E-state index contributed by atoms with van der Waals surface area (Å²) in [4.78, 5) is 17.5. The first kappa shape index (κ1) is 18.4. The van der Waals surface area contributed by atoms with Crippen LogP contribution in [0.5, 0.6) is 0 Å². The summed E-state index contributed by atoms with van der Waals surface area (Å²) in [5, 5.41) is 9.53. The van der Waals surface area contributed by atoms with Gasteiger partial charge in [-0.15, -0.1) is 0 Å². The van der Waals surface area contributed by atoms with Crippen LogP contribution < -0.4 is 5.56 Å². The van der Waals surface area contributed by atoms with Crippen LogP contribution in [-0.2, 0) is 0 Å². The third-order valence-electron chi connectivity index (χ3n) is 4.57. The number of rotatable bonds is 3. The van der Waals surface area contributed by atoms with E-state index in [2.05, 4.69) is 31.2 Å². The lowest BCUT2D eigenvalue weighted by atomic mass is 10.1. The van der Waals surface area contributed by atoms with Crippen LogP contribution >= 0.6 is 15.9 Å². The van der Waals surface area contributed by atoms with Gasteiger partial charge in [-0.25, -0.2) is 4.39 Å². The molecule has 0 aliphatic heterocycles. The molecule has 0 saturated carbocycles. The van der Waals surface area contributed by atoms with Gasteiger partial charge in [0.15, 0.2) is 5.69 Å². The van der Waals surface area contributed by atoms with Crippen LogP contribution in [0.4, 0.5) is 4.39 Å². The minimum absolute atomic E-state index is 0.134. The Morgan fingerprint density at radius 2 is 1.73 bits per heavy atom. The summed E-state index contributed by atoms with van der Waals surface area (Å²) in [7, 11) is 0. The third kappa shape index (κ3) is 3.21. The molecular formula is C22H12BrFN4O2. The summed E-state index contributed by atoms with van der Waals surface area (Å²) < 4.78 is 21.1. The van der Waals surface area contributed by atoms with Crippen molar-refractivity contribution in [2.75, 3.05) is 0 Å². The molecule has 0 bridgehead atoms. The van der Waals surface area contributed by atoms with Crippen LogP contribution in [-0.4, -0.2) is 19.9 Å². The van der Waals surface area contributed by atoms with Crippen LogP contribution in [0.2, 0.25) is 0 Å². The SMILES string of the molecule is O=c1c2ccccc2c(-c2nc(-c3cccc(F)c3)no2)nn1-c1cccc(Br)c1. The first-order valence-electron chi connectivity index (χ1n) is 8.98. The Morgan fingerprint density at radius 3 is 2.53 bits per heavy atom. The molecule has 2 aromatic heterocycles. The summed E-state index contributed by atoms with van der Waals surface area (Å²) in [5.74, 6) is -0.0320. The molecule has 0 spiro atoms. The van der Waals surface area contributed by atoms with Crippen LogP contribution in [0.3, 0.4) is 0 Å². The van der Waals surface area contributed by atoms with Crippen LogP contribution in [0.25, 0.3) is 39.4 Å². The normalized spacial score (nSPS) is 11.1. The van der Waals surface area contributed by atoms with Gasteiger partial charge in [-0.2, -0.15) is 14.8 Å². The fourth-order valence-electron chi connectivity index (χ4n) is 3.19. The maximum atomic E-state index is 13.6. The van der Waals surface area contributed by atoms with Gasteiger partial charge in [0.1, 0.15) is 5.82 Å². The molecule has 0 N–H and O–H groups in total. The molecular weight excluding hydrogens is 451 g/mol. The number of hydrogen-bond acceptors (Lipinski definition) is 5. The fourth-order valence-corrected chi connectivity index (χ4v) is 3.58. The van der Waals surface area contributed by atoms with Crippen molar-refractivity contribution in [3.63, 3.8) is 0 Å². The first-order chi connectivity index (χ1) is 14.6. The van der Waals surface area contributed by atoms with Gasteiger partial charge in [0.25, 0.3) is 11.4 Å². The standard InChI is InChI=1S/C22H12BrFN4O2/c23-14-6-4-8-16(12-14)28-22(29)18-10-2-1-9-17(18)19(26-28)21-25-20(27-30-21)13-5-3-7-15(24)11-13/h1-12H. The highest BCUT2D eigenvalue weighted by Crippen LogP contribution is 2.27. The largest absolute Gasteiger partial charge is 0.332 e. The van der Waals surface area contributed by atoms with E-state index in [1.807, 2.05) is 12.1 Å². The topological polar surface area (TPSA) is 73.8 Å². The molecule has 8 heteroatoms. The number of aromatic nitrogens is 4. The van der Waals surface area contributed by atoms with E-state index in [1.165, 1.54) is 16.8 Å². The second kappa shape index (κ2) is 7.31. The molecule has 0 radical (unpaired) electrons. The second-order valence-electron chi connectivity index (χ2n) is 6.52. The molecule has 0 aliphatic rings. The quantitative estimate of drug-likeness (QED) is 0.377. The number of benzene rings is 3. The molecule has 6 nitrogen and oxygen atoms in total. The average molecular weight is 463 g/mol. The van der Waals surface area contributed by atoms with E-state index in [0.717, 1.165) is 4.47 Å². The molecule has 0 amide bonds. The molecule has 0 atom stereocenters. The lowest BCUT2D eigenvalue weighted by Crippen LogP contribution is -2.22. The van der Waals surface area contributed by atoms with E-state index in [1.54, 1.807) is 48.5 Å². The van der Waals surface area contributed by atoms with Gasteiger partial charge in [0.2, 0.25) is 5.82 Å². The Kier molecular flexibility index (Phi) is 4.48. The minimum atomic E-state index is -0.398. The van der Waals surface area contributed by atoms with Gasteiger partial charge in [-0.05, 0) is 36.4 Å². The highest BCUT2D eigenvalue weighted by Gasteiger charge is 2.19. The summed E-state index contributed by atoms with van der Waals surface area (Å²) in [6.07, 6.45) is 0. The zero-order valence-electron chi connectivity index (χ0n) is 15.3. The summed E-state index contributed by atoms with van der Waals surface area (Å²) in [6.45, 7) is 0. The summed E-state index contributed by atoms with van der Waals surface area (Å²) >= 11 is 3.42. The number of halogens is 2. The van der Waals surface area contributed by atoms with E-state index in [9.17, 15) is 9.18 Å². The molecule has 0 aliphatic carbocycles. The van der Waals surface area contributed by atoms with Crippen LogP contribution in [0.1, 0.15) is 0 Å². The monoisotopic (exact) mass is 462 g/mol. The van der Waals surface area contributed by atoms with Crippen molar-refractivity contribution >= 4 is 26.7 Å². The molecule has 0 unspecified atom stereocenters. The van der Waals surface area contributed by atoms with E-state index in [4.69, 9.17) is 4.52 Å². The summed E-state index contributed by atoms with van der Waals surface area (Å²) in [6, 6.07) is 20.3. The van der Waals surface area contributed by atoms with Crippen LogP contribution in [0.15, 0.2) is 86.6 Å². The second-order valence-corrected chi connectivity index (χ2v) is 7.44. The minimum Gasteiger partial charge on any atom is -0.332 e. The van der Waals surface area contributed by atoms with Crippen molar-refractivity contribution in [3.05, 3.63) is 93.4 Å². The van der Waals surface area contributed by atoms with Gasteiger partial charge in [-0.3, -0.25) is 4.79 Å². The predicted molar refractivity (Wildman–Crippen MR) is 114 cm³/mol. The predicted octanol–water partition coefficient (Wildman–Crippen LogP) is 5.00. The van der Waals surface area contributed by atoms with Crippen molar-refractivity contribution in [3.8, 4) is 28.7 Å². The Balaban J connectivity index is 1.74. The fraction of sp³-hybridized carbons (Fsp3) is 0. The Labute approximate surface area is 177 Å². The van der Waals surface area contributed by atoms with Crippen LogP contribution in [0, 0.1) is 5.82 Å².